The first-order chi connectivity index (χ1) is 20.2. The monoisotopic (exact) mass is 662 g/mol. The Labute approximate surface area is 257 Å². The summed E-state index contributed by atoms with van der Waals surface area (Å²) in [5, 5.41) is 0. The Bertz CT molecular complexity index is 1880. The van der Waals surface area contributed by atoms with Gasteiger partial charge in [-0.25, -0.2) is 0 Å². The van der Waals surface area contributed by atoms with E-state index in [0.29, 0.717) is 0 Å². The molecule has 0 heterocycles. The standard InChI is InChI=1S/C15H13.C13H10.C11H11.2ClH.Zr/c1-10-3-5-14-12(7-10)9-13-8-11(2)4-6-15(13)14;1-3-7-12(8-4-1)11-13-9-5-2-6-10-13;1-8-3-6-11-9(2)4-5-10(11)7-8;;;/h3-9H,1-2H3;1-10H;3-7H,1-2H3;2*1H;/q;;;;;+2/p-2. The normalized spacial score (nSPS) is 16.1. The minimum atomic E-state index is -5.46. The van der Waals surface area contributed by atoms with E-state index in [1.165, 1.54) is 55.6 Å². The van der Waals surface area contributed by atoms with E-state index >= 15 is 0 Å². The molecule has 0 amide bonds. The molecule has 1 unspecified atom stereocenters. The summed E-state index contributed by atoms with van der Waals surface area (Å²) in [6.07, 6.45) is 2.41. The molecule has 0 nitrogen and oxygen atoms in total. The van der Waals surface area contributed by atoms with Crippen molar-refractivity contribution in [1.82, 2.24) is 0 Å². The molecule has 0 saturated carbocycles. The zero-order valence-electron chi connectivity index (χ0n) is 24.5. The van der Waals surface area contributed by atoms with Crippen LogP contribution in [0.15, 0.2) is 121 Å². The average Bonchev–Trinajstić information content (AvgIpc) is 3.48. The molecule has 0 spiro atoms. The molecule has 42 heavy (non-hydrogen) atoms. The molecule has 1 atom stereocenters. The van der Waals surface area contributed by atoms with Crippen LogP contribution in [0.4, 0.5) is 0 Å². The van der Waals surface area contributed by atoms with Gasteiger partial charge in [0.15, 0.2) is 0 Å². The van der Waals surface area contributed by atoms with Gasteiger partial charge in [-0.1, -0.05) is 0 Å². The topological polar surface area (TPSA) is 0 Å². The van der Waals surface area contributed by atoms with Crippen molar-refractivity contribution < 1.29 is 15.9 Å². The molecule has 0 aromatic heterocycles. The predicted octanol–water partition coefficient (Wildman–Crippen LogP) is 11.1. The fraction of sp³-hybridized carbons (Fsp3) is 0.154. The van der Waals surface area contributed by atoms with Gasteiger partial charge >= 0.3 is 259 Å². The van der Waals surface area contributed by atoms with Crippen molar-refractivity contribution in [2.45, 2.75) is 34.9 Å². The summed E-state index contributed by atoms with van der Waals surface area (Å²) < 4.78 is 0.900. The summed E-state index contributed by atoms with van der Waals surface area (Å²) in [6.45, 7) is 8.74. The van der Waals surface area contributed by atoms with Crippen LogP contribution in [0.2, 0.25) is 0 Å². The number of aryl methyl sites for hydroxylation is 3. The number of benzene rings is 5. The Kier molecular flexibility index (Phi) is 6.74. The van der Waals surface area contributed by atoms with Gasteiger partial charge in [-0.05, 0) is 0 Å². The molecule has 0 bridgehead atoms. The average molecular weight is 665 g/mol. The van der Waals surface area contributed by atoms with Crippen LogP contribution in [0, 0.1) is 20.8 Å². The molecule has 2 aliphatic carbocycles. The molecule has 0 saturated heterocycles. The molecular formula is C39H34Cl2Zr. The Morgan fingerprint density at radius 2 is 0.952 bits per heavy atom. The van der Waals surface area contributed by atoms with Gasteiger partial charge in [-0.15, -0.1) is 0 Å². The van der Waals surface area contributed by atoms with Crippen molar-refractivity contribution >= 4 is 25.8 Å². The molecule has 5 aromatic rings. The quantitative estimate of drug-likeness (QED) is 0.179. The van der Waals surface area contributed by atoms with Gasteiger partial charge in [0.2, 0.25) is 0 Å². The van der Waals surface area contributed by atoms with Crippen molar-refractivity contribution in [3.05, 3.63) is 171 Å². The third kappa shape index (κ3) is 4.16. The molecule has 5 aromatic carbocycles. The van der Waals surface area contributed by atoms with Gasteiger partial charge in [-0.3, -0.25) is 0 Å². The van der Waals surface area contributed by atoms with Crippen LogP contribution in [0.25, 0.3) is 16.7 Å². The van der Waals surface area contributed by atoms with Crippen molar-refractivity contribution in [2.75, 3.05) is 0 Å². The van der Waals surface area contributed by atoms with E-state index in [1.54, 1.807) is 0 Å². The van der Waals surface area contributed by atoms with Crippen LogP contribution in [0.3, 0.4) is 0 Å². The van der Waals surface area contributed by atoms with Gasteiger partial charge < -0.3 is 0 Å². The maximum atomic E-state index is 8.84. The SMILES string of the molecule is CC1=C[CH]([Zr]([Cl])([Cl])(=[C](c2ccccc2)c2ccccc2)[CH]2c3cc(C)ccc3-c3ccc(C)cc32)c2cc(C)ccc21. The van der Waals surface area contributed by atoms with E-state index in [9.17, 15) is 0 Å². The van der Waals surface area contributed by atoms with E-state index < -0.39 is 15.9 Å². The summed E-state index contributed by atoms with van der Waals surface area (Å²) >= 11 is -5.46. The van der Waals surface area contributed by atoms with Gasteiger partial charge in [-0.2, -0.15) is 0 Å². The first kappa shape index (κ1) is 28.0. The number of halogens is 2. The van der Waals surface area contributed by atoms with E-state index in [0.717, 1.165) is 14.3 Å². The minimum absolute atomic E-state index is 0.107. The molecule has 0 radical (unpaired) electrons. The van der Waals surface area contributed by atoms with E-state index in [2.05, 4.69) is 149 Å². The Morgan fingerprint density at radius 3 is 1.43 bits per heavy atom. The fourth-order valence-corrected chi connectivity index (χ4v) is 28.4. The molecule has 0 fully saturated rings. The molecule has 0 aliphatic heterocycles. The first-order valence-electron chi connectivity index (χ1n) is 14.7. The number of fused-ring (bicyclic) bond motifs is 4. The van der Waals surface area contributed by atoms with Crippen molar-refractivity contribution in [1.29, 1.82) is 0 Å². The molecule has 3 heteroatoms. The summed E-state index contributed by atoms with van der Waals surface area (Å²) in [7, 11) is 17.7. The van der Waals surface area contributed by atoms with Crippen molar-refractivity contribution in [2.24, 2.45) is 0 Å². The van der Waals surface area contributed by atoms with E-state index in [-0.39, 0.29) is 7.25 Å². The van der Waals surface area contributed by atoms with E-state index in [4.69, 9.17) is 17.0 Å². The van der Waals surface area contributed by atoms with Gasteiger partial charge in [0.05, 0.1) is 0 Å². The van der Waals surface area contributed by atoms with Gasteiger partial charge in [0, 0.05) is 0 Å². The third-order valence-corrected chi connectivity index (χ3v) is 28.9. The number of hydrogen-bond acceptors (Lipinski definition) is 0. The Hall–Kier alpha value is -2.83. The maximum absolute atomic E-state index is 8.84. The summed E-state index contributed by atoms with van der Waals surface area (Å²) in [4.78, 5) is 0. The van der Waals surface area contributed by atoms with Gasteiger partial charge in [0.1, 0.15) is 0 Å². The second-order valence-corrected chi connectivity index (χ2v) is 32.9. The second-order valence-electron chi connectivity index (χ2n) is 12.3. The number of allylic oxidation sites excluding steroid dienone is 2. The van der Waals surface area contributed by atoms with E-state index in [1.807, 2.05) is 0 Å². The molecule has 7 rings (SSSR count). The van der Waals surface area contributed by atoms with Crippen LogP contribution in [0.5, 0.6) is 0 Å². The van der Waals surface area contributed by atoms with Crippen LogP contribution in [-0.2, 0) is 15.9 Å². The summed E-state index contributed by atoms with van der Waals surface area (Å²) in [5.74, 6) is 0. The zero-order valence-corrected chi connectivity index (χ0v) is 28.4. The molecular weight excluding hydrogens is 631 g/mol. The third-order valence-electron chi connectivity index (χ3n) is 9.41. The molecule has 208 valence electrons. The molecule has 2 aliphatic rings. The van der Waals surface area contributed by atoms with Crippen LogP contribution < -0.4 is 0 Å². The van der Waals surface area contributed by atoms with Gasteiger partial charge in [0.25, 0.3) is 0 Å². The Morgan fingerprint density at radius 1 is 0.524 bits per heavy atom. The van der Waals surface area contributed by atoms with Crippen LogP contribution in [0.1, 0.15) is 64.2 Å². The molecule has 0 N–H and O–H groups in total. The van der Waals surface area contributed by atoms with Crippen molar-refractivity contribution in [3.8, 4) is 11.1 Å². The second kappa shape index (κ2) is 10.1. The number of hydrogen-bond donors (Lipinski definition) is 0. The first-order valence-corrected chi connectivity index (χ1v) is 25.1. The van der Waals surface area contributed by atoms with Crippen LogP contribution >= 0.6 is 17.0 Å². The zero-order chi connectivity index (χ0) is 29.2. The predicted molar refractivity (Wildman–Crippen MR) is 179 cm³/mol. The Balaban J connectivity index is 1.74. The number of rotatable bonds is 4. The fourth-order valence-electron chi connectivity index (χ4n) is 7.64. The van der Waals surface area contributed by atoms with Crippen molar-refractivity contribution in [3.63, 3.8) is 0 Å². The summed E-state index contributed by atoms with van der Waals surface area (Å²) in [6, 6.07) is 41.9. The van der Waals surface area contributed by atoms with Crippen LogP contribution in [-0.4, -0.2) is 3.21 Å². The summed E-state index contributed by atoms with van der Waals surface area (Å²) in [5.41, 5.74) is 14.7.